The molecule has 3 aromatic rings. The molecule has 0 saturated heterocycles. The van der Waals surface area contributed by atoms with Gasteiger partial charge in [-0.2, -0.15) is 0 Å². The number of rotatable bonds is 6. The number of carbonyl (C=O) groups excluding carboxylic acids is 2. The van der Waals surface area contributed by atoms with E-state index in [2.05, 4.69) is 4.98 Å². The van der Waals surface area contributed by atoms with Crippen LogP contribution in [0.25, 0.3) is 6.08 Å². The molecule has 2 heterocycles. The van der Waals surface area contributed by atoms with E-state index in [1.807, 2.05) is 60.1 Å². The fourth-order valence-corrected chi connectivity index (χ4v) is 4.33. The van der Waals surface area contributed by atoms with Gasteiger partial charge in [0.05, 0.1) is 17.4 Å². The predicted octanol–water partition coefficient (Wildman–Crippen LogP) is 5.12. The summed E-state index contributed by atoms with van der Waals surface area (Å²) >= 11 is 3.00. The number of thiophene rings is 1. The van der Waals surface area contributed by atoms with Gasteiger partial charge in [0.25, 0.3) is 0 Å². The number of hydrogen-bond acceptors (Lipinski definition) is 5. The van der Waals surface area contributed by atoms with Gasteiger partial charge in [-0.3, -0.25) is 14.5 Å². The highest BCUT2D eigenvalue weighted by molar-refractivity contribution is 7.14. The van der Waals surface area contributed by atoms with Crippen molar-refractivity contribution in [1.82, 2.24) is 9.88 Å². The molecule has 0 aliphatic rings. The maximum absolute atomic E-state index is 12.5. The third-order valence-electron chi connectivity index (χ3n) is 4.31. The number of amides is 2. The lowest BCUT2D eigenvalue weighted by atomic mass is 10.2. The average Bonchev–Trinajstić information content (AvgIpc) is 3.38. The second-order valence-corrected chi connectivity index (χ2v) is 8.03. The number of thiazole rings is 1. The summed E-state index contributed by atoms with van der Waals surface area (Å²) < 4.78 is 0. The normalized spacial score (nSPS) is 12.1. The Hall–Kier alpha value is -2.77. The first-order valence-electron chi connectivity index (χ1n) is 8.77. The first-order chi connectivity index (χ1) is 13.5. The van der Waals surface area contributed by atoms with Crippen molar-refractivity contribution in [2.24, 2.45) is 0 Å². The van der Waals surface area contributed by atoms with Gasteiger partial charge in [-0.15, -0.1) is 22.7 Å². The second kappa shape index (κ2) is 8.95. The number of hydrogen-bond donors (Lipinski definition) is 0. The van der Waals surface area contributed by atoms with Gasteiger partial charge in [-0.05, 0) is 36.6 Å². The summed E-state index contributed by atoms with van der Waals surface area (Å²) in [5.41, 5.74) is 1.41. The third-order valence-corrected chi connectivity index (χ3v) is 6.20. The molecule has 7 heteroatoms. The molecule has 0 aliphatic heterocycles. The zero-order valence-corrected chi connectivity index (χ0v) is 17.5. The Morgan fingerprint density at radius 2 is 1.86 bits per heavy atom. The Balaban J connectivity index is 1.73. The van der Waals surface area contributed by atoms with Gasteiger partial charge in [0.2, 0.25) is 11.8 Å². The van der Waals surface area contributed by atoms with E-state index in [0.717, 1.165) is 10.6 Å². The van der Waals surface area contributed by atoms with Crippen molar-refractivity contribution in [1.29, 1.82) is 0 Å². The van der Waals surface area contributed by atoms with Crippen LogP contribution < -0.4 is 4.90 Å². The van der Waals surface area contributed by atoms with E-state index in [1.165, 1.54) is 24.3 Å². The molecule has 0 bridgehead atoms. The average molecular weight is 412 g/mol. The summed E-state index contributed by atoms with van der Waals surface area (Å²) in [4.78, 5) is 33.5. The fraction of sp³-hybridized carbons (Fsp3) is 0.190. The maximum Gasteiger partial charge on any atom is 0.246 e. The van der Waals surface area contributed by atoms with Crippen LogP contribution >= 0.6 is 22.7 Å². The number of aromatic nitrogens is 1. The standard InChI is InChI=1S/C21H21N3O2S2/c1-15(19-10-7-13-27-19)23(3)20(26)12-11-17-14-28-21(22-17)24(16(2)25)18-8-5-4-6-9-18/h4-15H,1-3H3. The van der Waals surface area contributed by atoms with Crippen LogP contribution in [0.1, 0.15) is 30.5 Å². The maximum atomic E-state index is 12.5. The van der Waals surface area contributed by atoms with Crippen molar-refractivity contribution < 1.29 is 9.59 Å². The number of para-hydroxylation sites is 1. The summed E-state index contributed by atoms with van der Waals surface area (Å²) in [7, 11) is 1.79. The molecule has 0 N–H and O–H groups in total. The number of likely N-dealkylation sites (N-methyl/N-ethyl adjacent to an activating group) is 1. The molecule has 0 fully saturated rings. The van der Waals surface area contributed by atoms with E-state index in [9.17, 15) is 9.59 Å². The predicted molar refractivity (Wildman–Crippen MR) is 116 cm³/mol. The summed E-state index contributed by atoms with van der Waals surface area (Å²) in [5, 5.41) is 4.41. The van der Waals surface area contributed by atoms with Crippen molar-refractivity contribution in [3.05, 3.63) is 69.9 Å². The quantitative estimate of drug-likeness (QED) is 0.529. The molecule has 0 spiro atoms. The number of benzene rings is 1. The lowest BCUT2D eigenvalue weighted by Gasteiger charge is -2.22. The SMILES string of the molecule is CC(=O)N(c1ccccc1)c1nc(C=CC(=O)N(C)C(C)c2cccs2)cs1. The lowest BCUT2D eigenvalue weighted by molar-refractivity contribution is -0.126. The van der Waals surface area contributed by atoms with Crippen molar-refractivity contribution in [3.8, 4) is 0 Å². The van der Waals surface area contributed by atoms with Crippen LogP contribution in [0.3, 0.4) is 0 Å². The number of carbonyl (C=O) groups is 2. The van der Waals surface area contributed by atoms with Crippen LogP contribution in [0.5, 0.6) is 0 Å². The number of anilines is 2. The zero-order valence-electron chi connectivity index (χ0n) is 15.9. The molecular weight excluding hydrogens is 390 g/mol. The fourth-order valence-electron chi connectivity index (χ4n) is 2.64. The van der Waals surface area contributed by atoms with Crippen molar-refractivity contribution in [3.63, 3.8) is 0 Å². The molecule has 1 unspecified atom stereocenters. The highest BCUT2D eigenvalue weighted by Crippen LogP contribution is 2.29. The molecule has 2 amide bonds. The molecular formula is C21H21N3O2S2. The minimum absolute atomic E-state index is 0.00873. The largest absolute Gasteiger partial charge is 0.335 e. The summed E-state index contributed by atoms with van der Waals surface area (Å²) in [6.45, 7) is 3.51. The van der Waals surface area contributed by atoms with Gasteiger partial charge in [0.15, 0.2) is 5.13 Å². The van der Waals surface area contributed by atoms with Gasteiger partial charge in [0, 0.05) is 30.3 Å². The third kappa shape index (κ3) is 4.55. The van der Waals surface area contributed by atoms with Crippen LogP contribution in [-0.2, 0) is 9.59 Å². The zero-order chi connectivity index (χ0) is 20.1. The van der Waals surface area contributed by atoms with Crippen LogP contribution in [0.4, 0.5) is 10.8 Å². The van der Waals surface area contributed by atoms with Crippen LogP contribution in [0.2, 0.25) is 0 Å². The highest BCUT2D eigenvalue weighted by Gasteiger charge is 2.18. The van der Waals surface area contributed by atoms with Gasteiger partial charge < -0.3 is 4.90 Å². The molecule has 1 atom stereocenters. The van der Waals surface area contributed by atoms with Crippen molar-refractivity contribution in [2.45, 2.75) is 19.9 Å². The molecule has 5 nitrogen and oxygen atoms in total. The summed E-state index contributed by atoms with van der Waals surface area (Å²) in [6, 6.07) is 13.4. The Bertz CT molecular complexity index is 965. The first-order valence-corrected chi connectivity index (χ1v) is 10.5. The first kappa shape index (κ1) is 20.0. The Morgan fingerprint density at radius 1 is 1.11 bits per heavy atom. The van der Waals surface area contributed by atoms with Crippen molar-refractivity contribution in [2.75, 3.05) is 11.9 Å². The minimum atomic E-state index is -0.114. The second-order valence-electron chi connectivity index (χ2n) is 6.22. The molecule has 28 heavy (non-hydrogen) atoms. The molecule has 1 aromatic carbocycles. The molecule has 144 valence electrons. The molecule has 0 saturated carbocycles. The van der Waals surface area contributed by atoms with E-state index in [1.54, 1.807) is 34.3 Å². The summed E-state index contributed by atoms with van der Waals surface area (Å²) in [6.07, 6.45) is 3.20. The molecule has 3 rings (SSSR count). The monoisotopic (exact) mass is 411 g/mol. The van der Waals surface area contributed by atoms with E-state index in [0.29, 0.717) is 10.8 Å². The van der Waals surface area contributed by atoms with Gasteiger partial charge >= 0.3 is 0 Å². The van der Waals surface area contributed by atoms with Crippen LogP contribution in [0.15, 0.2) is 59.3 Å². The van der Waals surface area contributed by atoms with Gasteiger partial charge in [-0.1, -0.05) is 24.3 Å². The summed E-state index contributed by atoms with van der Waals surface area (Å²) in [5.74, 6) is -0.210. The number of nitrogens with zero attached hydrogens (tertiary/aromatic N) is 3. The highest BCUT2D eigenvalue weighted by atomic mass is 32.1. The molecule has 0 radical (unpaired) electrons. The molecule has 2 aromatic heterocycles. The van der Waals surface area contributed by atoms with Crippen LogP contribution in [-0.4, -0.2) is 28.7 Å². The Morgan fingerprint density at radius 3 is 2.50 bits per heavy atom. The van der Waals surface area contributed by atoms with E-state index < -0.39 is 0 Å². The van der Waals surface area contributed by atoms with E-state index >= 15 is 0 Å². The smallest absolute Gasteiger partial charge is 0.246 e. The van der Waals surface area contributed by atoms with E-state index in [4.69, 9.17) is 0 Å². The minimum Gasteiger partial charge on any atom is -0.335 e. The topological polar surface area (TPSA) is 53.5 Å². The van der Waals surface area contributed by atoms with E-state index in [-0.39, 0.29) is 17.9 Å². The lowest BCUT2D eigenvalue weighted by Crippen LogP contribution is -2.27. The Kier molecular flexibility index (Phi) is 6.38. The van der Waals surface area contributed by atoms with Crippen LogP contribution in [0, 0.1) is 0 Å². The molecule has 0 aliphatic carbocycles. The van der Waals surface area contributed by atoms with Gasteiger partial charge in [-0.25, -0.2) is 4.98 Å². The van der Waals surface area contributed by atoms with Gasteiger partial charge in [0.1, 0.15) is 0 Å². The van der Waals surface area contributed by atoms with Crippen molar-refractivity contribution >= 4 is 51.4 Å². The Labute approximate surface area is 172 Å².